The van der Waals surface area contributed by atoms with Gasteiger partial charge in [0.15, 0.2) is 5.60 Å². The first-order valence-corrected chi connectivity index (χ1v) is 14.3. The predicted molar refractivity (Wildman–Crippen MR) is 151 cm³/mol. The minimum absolute atomic E-state index is 0.176. The Bertz CT molecular complexity index is 1380. The molecule has 0 bridgehead atoms. The van der Waals surface area contributed by atoms with E-state index in [4.69, 9.17) is 29.7 Å². The van der Waals surface area contributed by atoms with Crippen LogP contribution in [0.4, 0.5) is 4.39 Å². The number of hydrogen-bond donors (Lipinski definition) is 4. The van der Waals surface area contributed by atoms with Crippen LogP contribution in [-0.2, 0) is 36.9 Å². The lowest BCUT2D eigenvalue weighted by Gasteiger charge is -2.39. The Hall–Kier alpha value is -4.14. The number of carboxylic acid groups (broad SMARTS) is 3. The van der Waals surface area contributed by atoms with Gasteiger partial charge < -0.3 is 29.7 Å². The topological polar surface area (TPSA) is 188 Å². The molecule has 4 rings (SSSR count). The first-order valence-electron chi connectivity index (χ1n) is 13.4. The molecule has 12 nitrogen and oxygen atoms in total. The van der Waals surface area contributed by atoms with Crippen molar-refractivity contribution >= 4 is 35.2 Å². The fraction of sp³-hybridized carbons (Fsp3) is 0.414. The van der Waals surface area contributed by atoms with Crippen LogP contribution in [-0.4, -0.2) is 79.7 Å². The maximum absolute atomic E-state index is 13.5. The minimum atomic E-state index is -2.74. The summed E-state index contributed by atoms with van der Waals surface area (Å²) in [4.78, 5) is 47.1. The number of aromatic nitrogens is 1. The normalized spacial score (nSPS) is 14.8. The molecule has 43 heavy (non-hydrogen) atoms. The Labute approximate surface area is 250 Å². The molecule has 1 fully saturated rings. The van der Waals surface area contributed by atoms with E-state index in [0.717, 1.165) is 19.6 Å². The highest BCUT2D eigenvalue weighted by Crippen LogP contribution is 2.38. The van der Waals surface area contributed by atoms with Crippen molar-refractivity contribution in [3.05, 3.63) is 64.3 Å². The molecule has 1 aliphatic heterocycles. The fourth-order valence-electron chi connectivity index (χ4n) is 4.73. The van der Waals surface area contributed by atoms with Crippen LogP contribution in [0.1, 0.15) is 43.2 Å². The zero-order chi connectivity index (χ0) is 31.6. The van der Waals surface area contributed by atoms with Crippen LogP contribution in [0.15, 0.2) is 52.4 Å². The number of carbonyl (C=O) groups excluding carboxylic acids is 1. The average Bonchev–Trinajstić information content (AvgIpc) is 3.62. The maximum Gasteiger partial charge on any atom is 0.336 e. The molecular formula is C29H33FN2O10S. The largest absolute Gasteiger partial charge is 0.481 e. The number of esters is 1. The Morgan fingerprint density at radius 3 is 2.28 bits per heavy atom. The molecule has 0 atom stereocenters. The zero-order valence-corrected chi connectivity index (χ0v) is 24.2. The quantitative estimate of drug-likeness (QED) is 0.215. The fourth-order valence-corrected chi connectivity index (χ4v) is 5.47. The van der Waals surface area contributed by atoms with E-state index in [0.29, 0.717) is 42.9 Å². The molecule has 3 heterocycles. The van der Waals surface area contributed by atoms with E-state index in [9.17, 15) is 23.6 Å². The first-order chi connectivity index (χ1) is 20.4. The molecular weight excluding hydrogens is 587 g/mol. The number of halogens is 1. The van der Waals surface area contributed by atoms with Gasteiger partial charge in [0, 0.05) is 29.5 Å². The Kier molecular flexibility index (Phi) is 11.5. The molecule has 0 radical (unpaired) electrons. The van der Waals surface area contributed by atoms with E-state index in [1.54, 1.807) is 29.5 Å². The van der Waals surface area contributed by atoms with Crippen molar-refractivity contribution in [2.45, 2.75) is 51.2 Å². The number of hydrogen-bond acceptors (Lipinski definition) is 10. The number of carboxylic acids is 3. The number of aliphatic hydroxyl groups is 1. The summed E-state index contributed by atoms with van der Waals surface area (Å²) < 4.78 is 24.5. The smallest absolute Gasteiger partial charge is 0.336 e. The molecule has 4 N–H and O–H groups in total. The summed E-state index contributed by atoms with van der Waals surface area (Å²) >= 11 is 1.75. The van der Waals surface area contributed by atoms with Gasteiger partial charge in [-0.1, -0.05) is 23.4 Å². The van der Waals surface area contributed by atoms with Gasteiger partial charge in [0.05, 0.1) is 24.9 Å². The predicted octanol–water partition coefficient (Wildman–Crippen LogP) is 3.68. The molecule has 1 aromatic carbocycles. The molecule has 14 heteroatoms. The minimum Gasteiger partial charge on any atom is -0.481 e. The van der Waals surface area contributed by atoms with E-state index in [2.05, 4.69) is 27.6 Å². The van der Waals surface area contributed by atoms with Crippen LogP contribution >= 0.6 is 11.3 Å². The number of ether oxygens (including phenoxy) is 1. The highest BCUT2D eigenvalue weighted by atomic mass is 32.1. The maximum atomic E-state index is 13.5. The monoisotopic (exact) mass is 620 g/mol. The van der Waals surface area contributed by atoms with Crippen LogP contribution in [0.3, 0.4) is 0 Å². The van der Waals surface area contributed by atoms with Crippen molar-refractivity contribution in [3.63, 3.8) is 0 Å². The summed E-state index contributed by atoms with van der Waals surface area (Å²) in [6.45, 7) is 4.73. The molecule has 0 unspecified atom stereocenters. The van der Waals surface area contributed by atoms with Gasteiger partial charge in [0.1, 0.15) is 17.3 Å². The molecule has 1 aliphatic rings. The lowest BCUT2D eigenvalue weighted by molar-refractivity contribution is -0.170. The average molecular weight is 621 g/mol. The van der Waals surface area contributed by atoms with Crippen LogP contribution in [0.2, 0.25) is 0 Å². The summed E-state index contributed by atoms with van der Waals surface area (Å²) in [5.74, 6) is -4.90. The van der Waals surface area contributed by atoms with Gasteiger partial charge in [0.25, 0.3) is 0 Å². The molecule has 0 spiro atoms. The van der Waals surface area contributed by atoms with Gasteiger partial charge in [-0.2, -0.15) is 0 Å². The second-order valence-electron chi connectivity index (χ2n) is 10.2. The van der Waals surface area contributed by atoms with Crippen molar-refractivity contribution in [2.24, 2.45) is 5.41 Å². The standard InChI is InChI=1S/C23H25FN2O3S.C6H8O7/c1-2-28-22(27)23(8-10-26(11-9-23)16-20-7-4-12-30-20)15-19-14-21(25-29-19)17-5-3-6-18(24)13-17;7-3(8)1-6(13,5(11)12)2-4(9)10/h3-7,12-14H,2,8-11,15-16H2,1H3;13H,1-2H2,(H,7,8)(H,9,10)(H,11,12). The molecule has 0 saturated carbocycles. The van der Waals surface area contributed by atoms with E-state index in [1.165, 1.54) is 17.0 Å². The van der Waals surface area contributed by atoms with E-state index < -0.39 is 41.8 Å². The van der Waals surface area contributed by atoms with Crippen molar-refractivity contribution in [3.8, 4) is 11.3 Å². The number of aliphatic carboxylic acids is 3. The Morgan fingerprint density at radius 1 is 1.07 bits per heavy atom. The van der Waals surface area contributed by atoms with Crippen molar-refractivity contribution in [1.29, 1.82) is 0 Å². The lowest BCUT2D eigenvalue weighted by Crippen LogP contribution is -2.46. The molecule has 3 aromatic rings. The third-order valence-electron chi connectivity index (χ3n) is 6.96. The SMILES string of the molecule is CCOC(=O)C1(Cc2cc(-c3cccc(F)c3)no2)CCN(Cc2cccs2)CC1.O=C(O)CC(O)(CC(=O)O)C(=O)O. The second-order valence-corrected chi connectivity index (χ2v) is 11.2. The molecule has 1 saturated heterocycles. The third kappa shape index (κ3) is 9.43. The van der Waals surface area contributed by atoms with Crippen LogP contribution in [0.5, 0.6) is 0 Å². The summed E-state index contributed by atoms with van der Waals surface area (Å²) in [7, 11) is 0. The van der Waals surface area contributed by atoms with Crippen molar-refractivity contribution < 1.29 is 53.3 Å². The Morgan fingerprint density at radius 2 is 1.74 bits per heavy atom. The van der Waals surface area contributed by atoms with Crippen LogP contribution < -0.4 is 0 Å². The van der Waals surface area contributed by atoms with Crippen molar-refractivity contribution in [2.75, 3.05) is 19.7 Å². The number of piperidine rings is 1. The number of thiophene rings is 1. The van der Waals surface area contributed by atoms with E-state index >= 15 is 0 Å². The van der Waals surface area contributed by atoms with Crippen LogP contribution in [0.25, 0.3) is 11.3 Å². The number of nitrogens with zero attached hydrogens (tertiary/aromatic N) is 2. The van der Waals surface area contributed by atoms with E-state index in [-0.39, 0.29) is 11.8 Å². The molecule has 232 valence electrons. The second kappa shape index (κ2) is 14.8. The van der Waals surface area contributed by atoms with Gasteiger partial charge in [-0.05, 0) is 56.4 Å². The number of likely N-dealkylation sites (tertiary alicyclic amines) is 1. The van der Waals surface area contributed by atoms with Gasteiger partial charge in [-0.3, -0.25) is 19.3 Å². The van der Waals surface area contributed by atoms with Gasteiger partial charge in [-0.15, -0.1) is 11.3 Å². The molecule has 0 amide bonds. The summed E-state index contributed by atoms with van der Waals surface area (Å²) in [5.41, 5.74) is -2.14. The Balaban J connectivity index is 0.000000331. The summed E-state index contributed by atoms with van der Waals surface area (Å²) in [5, 5.41) is 40.0. The highest BCUT2D eigenvalue weighted by molar-refractivity contribution is 7.09. The van der Waals surface area contributed by atoms with Gasteiger partial charge >= 0.3 is 23.9 Å². The van der Waals surface area contributed by atoms with E-state index in [1.807, 2.05) is 6.92 Å². The van der Waals surface area contributed by atoms with Crippen molar-refractivity contribution in [1.82, 2.24) is 10.1 Å². The summed E-state index contributed by atoms with van der Waals surface area (Å²) in [6, 6.07) is 12.2. The zero-order valence-electron chi connectivity index (χ0n) is 23.4. The first kappa shape index (κ1) is 33.4. The highest BCUT2D eigenvalue weighted by Gasteiger charge is 2.44. The number of carbonyl (C=O) groups is 4. The molecule has 2 aromatic heterocycles. The number of benzene rings is 1. The van der Waals surface area contributed by atoms with Gasteiger partial charge in [-0.25, -0.2) is 9.18 Å². The third-order valence-corrected chi connectivity index (χ3v) is 7.82. The van der Waals surface area contributed by atoms with Gasteiger partial charge in [0.2, 0.25) is 0 Å². The lowest BCUT2D eigenvalue weighted by atomic mass is 9.75. The number of rotatable bonds is 12. The molecule has 0 aliphatic carbocycles. The summed E-state index contributed by atoms with van der Waals surface area (Å²) in [6.07, 6.45) is -0.454. The van der Waals surface area contributed by atoms with Crippen LogP contribution in [0, 0.1) is 11.2 Å².